The van der Waals surface area contributed by atoms with Crippen molar-refractivity contribution in [2.45, 2.75) is 120 Å². The van der Waals surface area contributed by atoms with E-state index in [1.54, 1.807) is 25.8 Å². The molecule has 2 fully saturated rings. The number of nitriles is 1. The van der Waals surface area contributed by atoms with Crippen LogP contribution in [0.5, 0.6) is 11.5 Å². The van der Waals surface area contributed by atoms with Crippen LogP contribution in [-0.4, -0.2) is 113 Å². The van der Waals surface area contributed by atoms with E-state index >= 15 is 9.13 Å². The average Bonchev–Trinajstić information content (AvgIpc) is 3.98. The molecule has 2 unspecified atom stereocenters. The molecule has 2 aromatic heterocycles. The van der Waals surface area contributed by atoms with E-state index in [2.05, 4.69) is 16.0 Å². The molecule has 2 aliphatic heterocycles. The molecule has 21 nitrogen and oxygen atoms in total. The number of ether oxygens (including phenoxy) is 7. The number of benzene rings is 3. The number of hydrogen-bond acceptors (Lipinski definition) is 16. The first-order valence-corrected chi connectivity index (χ1v) is 27.9. The van der Waals surface area contributed by atoms with Crippen molar-refractivity contribution in [3.8, 4) is 17.6 Å². The number of methoxy groups -OCH3 is 3. The number of nitrogens with zero attached hydrogens (tertiary/aromatic N) is 4. The molecule has 3 aromatic carbocycles. The van der Waals surface area contributed by atoms with E-state index in [1.807, 2.05) is 107 Å². The zero-order valence-electron chi connectivity index (χ0n) is 43.6. The second-order valence-electron chi connectivity index (χ2n) is 18.8. The predicted molar refractivity (Wildman–Crippen MR) is 278 cm³/mol. The van der Waals surface area contributed by atoms with Crippen LogP contribution >= 0.6 is 14.9 Å². The molecule has 23 heteroatoms. The Kier molecular flexibility index (Phi) is 18.3. The summed E-state index contributed by atoms with van der Waals surface area (Å²) >= 11 is 0. The van der Waals surface area contributed by atoms with Crippen LogP contribution in [0.3, 0.4) is 0 Å². The molecule has 0 spiro atoms. The van der Waals surface area contributed by atoms with E-state index in [1.165, 1.54) is 38.1 Å². The fourth-order valence-corrected chi connectivity index (χ4v) is 14.8. The third-order valence-corrected chi connectivity index (χ3v) is 20.1. The summed E-state index contributed by atoms with van der Waals surface area (Å²) < 4.78 is 91.5. The molecular weight excluding hydrogens is 1010 g/mol. The number of H-pyrrole nitrogens is 2. The number of rotatable bonds is 23. The standard InChI is InChI=1S/C52H66N6O15P2/c1-32(2)74(63,33(3)4)58(27-14-26-53)45-46(67-9)48(56-28-25-43(59)54-50(56)61)72-49(45)70-35(6)75(64,68-10)73-41-29-44(57-30-34(5)47(60)55-51(57)62)71-42(41)31-69-52(36-15-12-11-13-16-36,37-17-21-39(65-7)22-18-37)38-19-23-40(66-8)24-20-38/h11-13,15-25,28,30,32-33,35,41-42,44-46,48-49H,14,27,29,31H2,1-10H3,(H,54,59,61)(H,55,60,62)/t35?,41-,42+,44+,45-,46+,48+,49-,75?/m0/s1. The smallest absolute Gasteiger partial charge is 0.359 e. The molecule has 75 heavy (non-hydrogen) atoms. The quantitative estimate of drug-likeness (QED) is 0.0501. The summed E-state index contributed by atoms with van der Waals surface area (Å²) in [6.45, 7) is 9.95. The lowest BCUT2D eigenvalue weighted by Gasteiger charge is -2.43. The van der Waals surface area contributed by atoms with Gasteiger partial charge in [0.2, 0.25) is 0 Å². The number of aryl methyl sites for hydroxylation is 1. The van der Waals surface area contributed by atoms with Crippen molar-refractivity contribution in [1.82, 2.24) is 23.8 Å². The summed E-state index contributed by atoms with van der Waals surface area (Å²) in [4.78, 5) is 56.2. The molecule has 9 atom stereocenters. The van der Waals surface area contributed by atoms with Gasteiger partial charge in [0, 0.05) is 68.9 Å². The fourth-order valence-electron chi connectivity index (χ4n) is 9.96. The third-order valence-electron chi connectivity index (χ3n) is 13.8. The van der Waals surface area contributed by atoms with Gasteiger partial charge < -0.3 is 46.8 Å². The highest BCUT2D eigenvalue weighted by atomic mass is 31.2. The summed E-state index contributed by atoms with van der Waals surface area (Å²) in [6.07, 6.45) is -4.82. The van der Waals surface area contributed by atoms with Crippen LogP contribution in [0, 0.1) is 18.3 Å². The summed E-state index contributed by atoms with van der Waals surface area (Å²) in [6, 6.07) is 26.5. The van der Waals surface area contributed by atoms with Gasteiger partial charge in [-0.05, 0) is 54.8 Å². The van der Waals surface area contributed by atoms with E-state index in [0.29, 0.717) is 22.6 Å². The molecule has 7 rings (SSSR count). The predicted octanol–water partition coefficient (Wildman–Crippen LogP) is 6.85. The van der Waals surface area contributed by atoms with Gasteiger partial charge in [0.05, 0.1) is 32.9 Å². The van der Waals surface area contributed by atoms with Gasteiger partial charge in [-0.2, -0.15) is 5.26 Å². The lowest BCUT2D eigenvalue weighted by molar-refractivity contribution is -0.175. The molecule has 2 saturated heterocycles. The number of nitrogens with one attached hydrogen (secondary N) is 2. The molecular formula is C52H66N6O15P2. The molecule has 0 saturated carbocycles. The van der Waals surface area contributed by atoms with Gasteiger partial charge in [-0.15, -0.1) is 0 Å². The Labute approximate surface area is 434 Å². The highest BCUT2D eigenvalue weighted by Gasteiger charge is 2.57. The molecule has 404 valence electrons. The molecule has 0 bridgehead atoms. The second-order valence-corrected chi connectivity index (χ2v) is 25.1. The minimum atomic E-state index is -4.53. The summed E-state index contributed by atoms with van der Waals surface area (Å²) in [7, 11) is -2.31. The van der Waals surface area contributed by atoms with E-state index in [9.17, 15) is 24.4 Å². The van der Waals surface area contributed by atoms with Crippen molar-refractivity contribution in [3.63, 3.8) is 0 Å². The maximum atomic E-state index is 15.5. The maximum Gasteiger partial charge on any atom is 0.359 e. The van der Waals surface area contributed by atoms with Gasteiger partial charge >= 0.3 is 19.0 Å². The van der Waals surface area contributed by atoms with Crippen molar-refractivity contribution >= 4 is 14.9 Å². The highest BCUT2D eigenvalue weighted by Crippen LogP contribution is 2.62. The Bertz CT molecular complexity index is 3060. The van der Waals surface area contributed by atoms with Crippen LogP contribution in [-0.2, 0) is 47.5 Å². The van der Waals surface area contributed by atoms with Crippen LogP contribution in [0.4, 0.5) is 0 Å². The molecule has 0 aliphatic carbocycles. The molecule has 0 radical (unpaired) electrons. The van der Waals surface area contributed by atoms with Crippen molar-refractivity contribution in [2.75, 3.05) is 41.6 Å². The minimum absolute atomic E-state index is 0.0262. The first-order valence-electron chi connectivity index (χ1n) is 24.5. The number of aromatic amines is 2. The van der Waals surface area contributed by atoms with Crippen LogP contribution in [0.15, 0.2) is 117 Å². The number of hydrogen-bond donors (Lipinski definition) is 2. The fraction of sp³-hybridized carbons (Fsp3) is 0.481. The molecule has 0 amide bonds. The lowest BCUT2D eigenvalue weighted by Crippen LogP contribution is -2.50. The Morgan fingerprint density at radius 3 is 1.92 bits per heavy atom. The third kappa shape index (κ3) is 11.5. The Hall–Kier alpha value is -5.75. The number of aromatic nitrogens is 4. The Morgan fingerprint density at radius 1 is 0.800 bits per heavy atom. The van der Waals surface area contributed by atoms with Crippen molar-refractivity contribution in [3.05, 3.63) is 161 Å². The van der Waals surface area contributed by atoms with Crippen molar-refractivity contribution < 1.29 is 51.3 Å². The summed E-state index contributed by atoms with van der Waals surface area (Å²) in [5.41, 5.74) is -2.70. The van der Waals surface area contributed by atoms with Crippen LogP contribution in [0.25, 0.3) is 0 Å². The first kappa shape index (κ1) is 57.0. The SMILES string of the molecule is COc1ccc(C(OC[C@H]2O[C@@H](n3cc(C)c(=O)[nH]c3=O)C[C@@H]2OP(=O)(OC)C(C)O[C@H]2O[C@@H](n3ccc(=O)[nH]c3=O)[C@H](OC)[C@@H]2N(CCC#N)P(=O)(C(C)C)C(C)C)(c2ccccc2)c2ccc(OC)cc2)cc1. The van der Waals surface area contributed by atoms with Gasteiger partial charge in [0.15, 0.2) is 25.7 Å². The van der Waals surface area contributed by atoms with Gasteiger partial charge in [0.25, 0.3) is 11.1 Å². The summed E-state index contributed by atoms with van der Waals surface area (Å²) in [5.74, 6) is -0.277. The van der Waals surface area contributed by atoms with Gasteiger partial charge in [0.1, 0.15) is 41.6 Å². The average molecular weight is 1080 g/mol. The van der Waals surface area contributed by atoms with Crippen LogP contribution in [0.2, 0.25) is 0 Å². The lowest BCUT2D eigenvalue weighted by atomic mass is 9.80. The normalized spacial score (nSPS) is 22.3. The second kappa shape index (κ2) is 24.1. The van der Waals surface area contributed by atoms with Crippen LogP contribution < -0.4 is 32.0 Å². The van der Waals surface area contributed by atoms with E-state index in [-0.39, 0.29) is 31.6 Å². The molecule has 5 aromatic rings. The van der Waals surface area contributed by atoms with Crippen molar-refractivity contribution in [1.29, 1.82) is 5.26 Å². The van der Waals surface area contributed by atoms with E-state index in [0.717, 1.165) is 16.2 Å². The molecule has 4 heterocycles. The van der Waals surface area contributed by atoms with Gasteiger partial charge in [-0.25, -0.2) is 14.3 Å². The maximum absolute atomic E-state index is 15.5. The van der Waals surface area contributed by atoms with Gasteiger partial charge in [-0.1, -0.05) is 82.3 Å². The molecule has 2 aliphatic rings. The van der Waals surface area contributed by atoms with E-state index in [4.69, 9.17) is 42.2 Å². The molecule has 2 N–H and O–H groups in total. The van der Waals surface area contributed by atoms with E-state index < -0.39 is 103 Å². The summed E-state index contributed by atoms with van der Waals surface area (Å²) in [5, 5.41) is 9.88. The topological polar surface area (TPSA) is 254 Å². The Morgan fingerprint density at radius 2 is 1.39 bits per heavy atom. The highest BCUT2D eigenvalue weighted by molar-refractivity contribution is 7.62. The zero-order chi connectivity index (χ0) is 54.4. The largest absolute Gasteiger partial charge is 0.497 e. The Balaban J connectivity index is 1.30. The van der Waals surface area contributed by atoms with Gasteiger partial charge in [-0.3, -0.25) is 33.3 Å². The minimum Gasteiger partial charge on any atom is -0.497 e. The monoisotopic (exact) mass is 1080 g/mol. The first-order chi connectivity index (χ1) is 35.8. The van der Waals surface area contributed by atoms with Crippen LogP contribution in [0.1, 0.15) is 82.2 Å². The zero-order valence-corrected chi connectivity index (χ0v) is 45.4. The van der Waals surface area contributed by atoms with Crippen molar-refractivity contribution in [2.24, 2.45) is 0 Å².